The molecule has 0 bridgehead atoms. The lowest BCUT2D eigenvalue weighted by molar-refractivity contribution is 0.129. The second-order valence-corrected chi connectivity index (χ2v) is 4.72. The second kappa shape index (κ2) is 4.84. The van der Waals surface area contributed by atoms with Crippen molar-refractivity contribution in [2.75, 3.05) is 0 Å². The molecule has 3 heteroatoms. The molecule has 0 aliphatic heterocycles. The smallest absolute Gasteiger partial charge is 0.138 e. The normalized spacial score (nSPS) is 26.3. The van der Waals surface area contributed by atoms with Crippen molar-refractivity contribution in [3.63, 3.8) is 0 Å². The highest BCUT2D eigenvalue weighted by Crippen LogP contribution is 2.27. The summed E-state index contributed by atoms with van der Waals surface area (Å²) in [5.41, 5.74) is 0. The SMILES string of the molecule is CC1CCCC(Oc2ccc(Cl)nc2)C1. The Hall–Kier alpha value is -0.760. The van der Waals surface area contributed by atoms with Gasteiger partial charge in [-0.1, -0.05) is 24.9 Å². The summed E-state index contributed by atoms with van der Waals surface area (Å²) in [6.45, 7) is 2.29. The number of hydrogen-bond acceptors (Lipinski definition) is 2. The van der Waals surface area contributed by atoms with E-state index in [4.69, 9.17) is 16.3 Å². The van der Waals surface area contributed by atoms with Crippen LogP contribution in [0.5, 0.6) is 5.75 Å². The third kappa shape index (κ3) is 3.10. The lowest BCUT2D eigenvalue weighted by Crippen LogP contribution is -2.24. The van der Waals surface area contributed by atoms with Crippen molar-refractivity contribution in [3.05, 3.63) is 23.5 Å². The number of halogens is 1. The van der Waals surface area contributed by atoms with E-state index in [-0.39, 0.29) is 0 Å². The Morgan fingerprint density at radius 2 is 2.27 bits per heavy atom. The summed E-state index contributed by atoms with van der Waals surface area (Å²) >= 11 is 5.71. The number of aromatic nitrogens is 1. The topological polar surface area (TPSA) is 22.1 Å². The van der Waals surface area contributed by atoms with Crippen LogP contribution in [0, 0.1) is 5.92 Å². The van der Waals surface area contributed by atoms with E-state index in [1.54, 1.807) is 12.3 Å². The van der Waals surface area contributed by atoms with E-state index in [9.17, 15) is 0 Å². The van der Waals surface area contributed by atoms with Crippen LogP contribution < -0.4 is 4.74 Å². The first-order chi connectivity index (χ1) is 7.24. The molecule has 2 nitrogen and oxygen atoms in total. The molecule has 15 heavy (non-hydrogen) atoms. The first-order valence-electron chi connectivity index (χ1n) is 5.52. The van der Waals surface area contributed by atoms with Gasteiger partial charge in [0.15, 0.2) is 0 Å². The zero-order chi connectivity index (χ0) is 10.7. The fourth-order valence-electron chi connectivity index (χ4n) is 2.11. The van der Waals surface area contributed by atoms with Crippen LogP contribution in [-0.4, -0.2) is 11.1 Å². The van der Waals surface area contributed by atoms with E-state index < -0.39 is 0 Å². The highest BCUT2D eigenvalue weighted by atomic mass is 35.5. The fraction of sp³-hybridized carbons (Fsp3) is 0.583. The van der Waals surface area contributed by atoms with Crippen molar-refractivity contribution >= 4 is 11.6 Å². The van der Waals surface area contributed by atoms with Gasteiger partial charge in [0, 0.05) is 0 Å². The maximum atomic E-state index is 5.86. The maximum Gasteiger partial charge on any atom is 0.138 e. The minimum absolute atomic E-state index is 0.358. The van der Waals surface area contributed by atoms with E-state index in [2.05, 4.69) is 11.9 Å². The van der Waals surface area contributed by atoms with Crippen LogP contribution in [0.25, 0.3) is 0 Å². The molecule has 1 aromatic rings. The molecule has 0 N–H and O–H groups in total. The average molecular weight is 226 g/mol. The molecular weight excluding hydrogens is 210 g/mol. The monoisotopic (exact) mass is 225 g/mol. The third-order valence-corrected chi connectivity index (χ3v) is 3.11. The minimum Gasteiger partial charge on any atom is -0.489 e. The van der Waals surface area contributed by atoms with E-state index in [0.29, 0.717) is 11.3 Å². The molecule has 1 fully saturated rings. The van der Waals surface area contributed by atoms with Gasteiger partial charge in [-0.15, -0.1) is 0 Å². The summed E-state index contributed by atoms with van der Waals surface area (Å²) < 4.78 is 5.86. The molecule has 0 spiro atoms. The van der Waals surface area contributed by atoms with E-state index in [1.807, 2.05) is 6.07 Å². The van der Waals surface area contributed by atoms with Crippen molar-refractivity contribution in [1.82, 2.24) is 4.98 Å². The Kier molecular flexibility index (Phi) is 3.47. The summed E-state index contributed by atoms with van der Waals surface area (Å²) in [5.74, 6) is 1.61. The van der Waals surface area contributed by atoms with Gasteiger partial charge in [0.2, 0.25) is 0 Å². The van der Waals surface area contributed by atoms with Crippen molar-refractivity contribution in [1.29, 1.82) is 0 Å². The summed E-state index contributed by atoms with van der Waals surface area (Å²) in [6, 6.07) is 3.65. The molecule has 0 aromatic carbocycles. The Bertz CT molecular complexity index is 312. The van der Waals surface area contributed by atoms with Gasteiger partial charge in [-0.2, -0.15) is 0 Å². The molecule has 2 atom stereocenters. The predicted octanol–water partition coefficient (Wildman–Crippen LogP) is 3.69. The van der Waals surface area contributed by atoms with Crippen molar-refractivity contribution in [2.45, 2.75) is 38.7 Å². The first-order valence-corrected chi connectivity index (χ1v) is 5.90. The van der Waals surface area contributed by atoms with Crippen LogP contribution in [0.2, 0.25) is 5.15 Å². The summed E-state index contributed by atoms with van der Waals surface area (Å²) in [7, 11) is 0. The quantitative estimate of drug-likeness (QED) is 0.717. The lowest BCUT2D eigenvalue weighted by Gasteiger charge is -2.27. The fourth-order valence-corrected chi connectivity index (χ4v) is 2.22. The molecule has 1 saturated carbocycles. The van der Waals surface area contributed by atoms with Gasteiger partial charge < -0.3 is 4.74 Å². The Labute approximate surface area is 95.6 Å². The number of hydrogen-bond donors (Lipinski definition) is 0. The van der Waals surface area contributed by atoms with Crippen LogP contribution in [0.1, 0.15) is 32.6 Å². The van der Waals surface area contributed by atoms with Gasteiger partial charge in [0.05, 0.1) is 12.3 Å². The molecule has 1 aliphatic carbocycles. The highest BCUT2D eigenvalue weighted by Gasteiger charge is 2.20. The minimum atomic E-state index is 0.358. The van der Waals surface area contributed by atoms with Crippen LogP contribution in [0.3, 0.4) is 0 Å². The molecular formula is C12H16ClNO. The van der Waals surface area contributed by atoms with Gasteiger partial charge in [0.1, 0.15) is 10.9 Å². The first kappa shape index (κ1) is 10.7. The molecule has 1 aromatic heterocycles. The molecule has 2 rings (SSSR count). The van der Waals surface area contributed by atoms with E-state index >= 15 is 0 Å². The summed E-state index contributed by atoms with van der Waals surface area (Å²) in [4.78, 5) is 4.00. The van der Waals surface area contributed by atoms with Crippen molar-refractivity contribution < 1.29 is 4.74 Å². The molecule has 2 unspecified atom stereocenters. The second-order valence-electron chi connectivity index (χ2n) is 4.33. The largest absolute Gasteiger partial charge is 0.489 e. The third-order valence-electron chi connectivity index (χ3n) is 2.89. The number of pyridine rings is 1. The van der Waals surface area contributed by atoms with Crippen LogP contribution in [-0.2, 0) is 0 Å². The van der Waals surface area contributed by atoms with E-state index in [1.165, 1.54) is 12.8 Å². The Morgan fingerprint density at radius 1 is 1.40 bits per heavy atom. The van der Waals surface area contributed by atoms with E-state index in [0.717, 1.165) is 24.5 Å². The van der Waals surface area contributed by atoms with Gasteiger partial charge in [-0.3, -0.25) is 0 Å². The molecule has 1 heterocycles. The van der Waals surface area contributed by atoms with Gasteiger partial charge in [0.25, 0.3) is 0 Å². The summed E-state index contributed by atoms with van der Waals surface area (Å²) in [5, 5.41) is 0.513. The van der Waals surface area contributed by atoms with Crippen LogP contribution in [0.4, 0.5) is 0 Å². The number of rotatable bonds is 2. The molecule has 0 radical (unpaired) electrons. The van der Waals surface area contributed by atoms with Crippen molar-refractivity contribution in [2.24, 2.45) is 5.92 Å². The predicted molar refractivity (Wildman–Crippen MR) is 61.3 cm³/mol. The number of nitrogens with zero attached hydrogens (tertiary/aromatic N) is 1. The molecule has 0 amide bonds. The summed E-state index contributed by atoms with van der Waals surface area (Å²) in [6.07, 6.45) is 6.97. The highest BCUT2D eigenvalue weighted by molar-refractivity contribution is 6.29. The Balaban J connectivity index is 1.93. The average Bonchev–Trinajstić information content (AvgIpc) is 2.22. The zero-order valence-electron chi connectivity index (χ0n) is 8.95. The maximum absolute atomic E-state index is 5.86. The van der Waals surface area contributed by atoms with Gasteiger partial charge in [-0.25, -0.2) is 4.98 Å². The number of ether oxygens (including phenoxy) is 1. The van der Waals surface area contributed by atoms with Gasteiger partial charge in [-0.05, 0) is 37.3 Å². The van der Waals surface area contributed by atoms with Crippen molar-refractivity contribution in [3.8, 4) is 5.75 Å². The molecule has 0 saturated heterocycles. The zero-order valence-corrected chi connectivity index (χ0v) is 9.70. The van der Waals surface area contributed by atoms with Gasteiger partial charge >= 0.3 is 0 Å². The standard InChI is InChI=1S/C12H16ClNO/c1-9-3-2-4-10(7-9)15-11-5-6-12(13)14-8-11/h5-6,8-10H,2-4,7H2,1H3. The molecule has 1 aliphatic rings. The Morgan fingerprint density at radius 3 is 2.93 bits per heavy atom. The van der Waals surface area contributed by atoms with Crippen LogP contribution >= 0.6 is 11.6 Å². The molecule has 82 valence electrons. The van der Waals surface area contributed by atoms with Crippen LogP contribution in [0.15, 0.2) is 18.3 Å². The lowest BCUT2D eigenvalue weighted by atomic mass is 9.89.